The number of fused-ring (bicyclic) bond motifs is 1. The molecule has 2 aliphatic rings. The summed E-state index contributed by atoms with van der Waals surface area (Å²) in [6, 6.07) is 21.1. The van der Waals surface area contributed by atoms with Crippen LogP contribution in [0.2, 0.25) is 0 Å². The van der Waals surface area contributed by atoms with Crippen LogP contribution in [0.3, 0.4) is 0 Å². The van der Waals surface area contributed by atoms with E-state index in [-0.39, 0.29) is 5.91 Å². The number of hydrogen-bond acceptors (Lipinski definition) is 7. The summed E-state index contributed by atoms with van der Waals surface area (Å²) in [5, 5.41) is 0. The van der Waals surface area contributed by atoms with Gasteiger partial charge in [-0.15, -0.1) is 0 Å². The number of nitrogens with zero attached hydrogens (tertiary/aromatic N) is 5. The van der Waals surface area contributed by atoms with E-state index in [4.69, 9.17) is 19.4 Å². The molecule has 8 heteroatoms. The fourth-order valence-electron chi connectivity index (χ4n) is 6.00. The van der Waals surface area contributed by atoms with Gasteiger partial charge in [-0.25, -0.2) is 9.97 Å². The first-order chi connectivity index (χ1) is 20.6. The third-order valence-electron chi connectivity index (χ3n) is 8.32. The van der Waals surface area contributed by atoms with Crippen molar-refractivity contribution in [1.29, 1.82) is 0 Å². The van der Waals surface area contributed by atoms with Gasteiger partial charge in [0.25, 0.3) is 5.91 Å². The first-order valence-electron chi connectivity index (χ1n) is 15.0. The second-order valence-corrected chi connectivity index (χ2v) is 11.1. The van der Waals surface area contributed by atoms with E-state index in [1.54, 1.807) is 19.1 Å². The third-order valence-corrected chi connectivity index (χ3v) is 8.32. The van der Waals surface area contributed by atoms with Crippen molar-refractivity contribution in [3.63, 3.8) is 0 Å². The minimum atomic E-state index is -0.0954. The summed E-state index contributed by atoms with van der Waals surface area (Å²) in [7, 11) is 3.26. The lowest BCUT2D eigenvalue weighted by molar-refractivity contribution is 0.0985. The van der Waals surface area contributed by atoms with Gasteiger partial charge in [0.2, 0.25) is 0 Å². The number of aromatic nitrogens is 2. The maximum atomic E-state index is 14.0. The number of hydrogen-bond donors (Lipinski definition) is 0. The molecule has 8 nitrogen and oxygen atoms in total. The highest BCUT2D eigenvalue weighted by Gasteiger charge is 2.25. The summed E-state index contributed by atoms with van der Waals surface area (Å²) in [6.45, 7) is 4.35. The Kier molecular flexibility index (Phi) is 8.40. The van der Waals surface area contributed by atoms with Crippen molar-refractivity contribution in [3.8, 4) is 11.5 Å². The van der Waals surface area contributed by atoms with Gasteiger partial charge in [0, 0.05) is 49.1 Å². The van der Waals surface area contributed by atoms with Gasteiger partial charge < -0.3 is 24.2 Å². The summed E-state index contributed by atoms with van der Waals surface area (Å²) in [5.41, 5.74) is 3.89. The number of benzene rings is 3. The Labute approximate surface area is 247 Å². The number of anilines is 3. The van der Waals surface area contributed by atoms with Crippen LogP contribution in [-0.2, 0) is 6.54 Å². The minimum Gasteiger partial charge on any atom is -0.497 e. The molecule has 2 fully saturated rings. The number of amides is 1. The molecule has 0 N–H and O–H groups in total. The highest BCUT2D eigenvalue weighted by Crippen LogP contribution is 2.34. The largest absolute Gasteiger partial charge is 0.497 e. The Balaban J connectivity index is 1.43. The number of methoxy groups -OCH3 is 2. The molecule has 1 aromatic heterocycles. The number of piperidine rings is 2. The summed E-state index contributed by atoms with van der Waals surface area (Å²) < 4.78 is 11.1. The quantitative estimate of drug-likeness (QED) is 0.242. The molecule has 0 radical (unpaired) electrons. The van der Waals surface area contributed by atoms with Gasteiger partial charge in [0.15, 0.2) is 11.6 Å². The van der Waals surface area contributed by atoms with E-state index in [9.17, 15) is 4.79 Å². The number of carbonyl (C=O) groups is 1. The fraction of sp³-hybridized carbons (Fsp3) is 0.382. The van der Waals surface area contributed by atoms with E-state index < -0.39 is 0 Å². The molecule has 3 heterocycles. The van der Waals surface area contributed by atoms with Gasteiger partial charge in [0.05, 0.1) is 31.8 Å². The number of ether oxygens (including phenoxy) is 2. The molecule has 218 valence electrons. The summed E-state index contributed by atoms with van der Waals surface area (Å²) in [5.74, 6) is 3.24. The molecule has 0 spiro atoms. The van der Waals surface area contributed by atoms with Crippen molar-refractivity contribution < 1.29 is 14.3 Å². The predicted molar refractivity (Wildman–Crippen MR) is 168 cm³/mol. The van der Waals surface area contributed by atoms with Gasteiger partial charge in [-0.1, -0.05) is 18.2 Å². The van der Waals surface area contributed by atoms with Crippen LogP contribution >= 0.6 is 0 Å². The number of rotatable bonds is 8. The lowest BCUT2D eigenvalue weighted by Gasteiger charge is -2.34. The first-order valence-corrected chi connectivity index (χ1v) is 15.0. The molecule has 2 saturated heterocycles. The van der Waals surface area contributed by atoms with Crippen LogP contribution in [0.25, 0.3) is 11.0 Å². The molecule has 0 atom stereocenters. The molecule has 1 amide bonds. The Morgan fingerprint density at radius 1 is 0.738 bits per heavy atom. The van der Waals surface area contributed by atoms with E-state index in [2.05, 4.69) is 9.80 Å². The van der Waals surface area contributed by atoms with Gasteiger partial charge in [-0.05, 0) is 81.0 Å². The first kappa shape index (κ1) is 27.8. The summed E-state index contributed by atoms with van der Waals surface area (Å²) in [6.07, 6.45) is 7.23. The van der Waals surface area contributed by atoms with E-state index in [0.29, 0.717) is 23.6 Å². The van der Waals surface area contributed by atoms with Crippen molar-refractivity contribution in [2.75, 3.05) is 55.1 Å². The molecule has 2 aliphatic heterocycles. The van der Waals surface area contributed by atoms with Crippen LogP contribution in [-0.4, -0.2) is 56.3 Å². The van der Waals surface area contributed by atoms with E-state index in [0.717, 1.165) is 60.1 Å². The zero-order valence-electron chi connectivity index (χ0n) is 24.6. The van der Waals surface area contributed by atoms with E-state index in [1.807, 2.05) is 66.7 Å². The second kappa shape index (κ2) is 12.7. The number of carbonyl (C=O) groups excluding carboxylic acids is 1. The van der Waals surface area contributed by atoms with Crippen LogP contribution in [0.5, 0.6) is 11.5 Å². The SMILES string of the molecule is COc1ccc(CN(C(=O)c2ccccc2)c2ccc3nc(N4CCCCC4)c(N4CCCCC4)nc3c2)c(OC)c1. The molecule has 0 saturated carbocycles. The lowest BCUT2D eigenvalue weighted by Crippen LogP contribution is -2.36. The molecule has 6 rings (SSSR count). The van der Waals surface area contributed by atoms with Crippen LogP contribution in [0.4, 0.5) is 17.3 Å². The van der Waals surface area contributed by atoms with E-state index >= 15 is 0 Å². The average molecular weight is 566 g/mol. The topological polar surface area (TPSA) is 71.0 Å². The summed E-state index contributed by atoms with van der Waals surface area (Å²) >= 11 is 0. The molecule has 42 heavy (non-hydrogen) atoms. The molecular weight excluding hydrogens is 526 g/mol. The van der Waals surface area contributed by atoms with Crippen molar-refractivity contribution in [3.05, 3.63) is 77.9 Å². The van der Waals surface area contributed by atoms with Crippen molar-refractivity contribution >= 4 is 34.3 Å². The maximum absolute atomic E-state index is 14.0. The van der Waals surface area contributed by atoms with Crippen LogP contribution in [0, 0.1) is 0 Å². The second-order valence-electron chi connectivity index (χ2n) is 11.1. The maximum Gasteiger partial charge on any atom is 0.258 e. The Morgan fingerprint density at radius 3 is 2.00 bits per heavy atom. The molecule has 0 bridgehead atoms. The molecular formula is C34H39N5O3. The van der Waals surface area contributed by atoms with Gasteiger partial charge >= 0.3 is 0 Å². The van der Waals surface area contributed by atoms with Gasteiger partial charge in [0.1, 0.15) is 11.5 Å². The standard InChI is InChI=1S/C34H39N5O3/c1-41-28-16-14-26(31(23-28)42-2)24-39(34(40)25-12-6-3-7-13-25)27-15-17-29-30(22-27)36-33(38-20-10-5-11-21-38)32(35-29)37-18-8-4-9-19-37/h3,6-7,12-17,22-23H,4-5,8-11,18-21,24H2,1-2H3. The molecule has 3 aromatic carbocycles. The molecule has 0 aliphatic carbocycles. The third kappa shape index (κ3) is 5.84. The average Bonchev–Trinajstić information content (AvgIpc) is 3.07. The molecule has 0 unspecified atom stereocenters. The van der Waals surface area contributed by atoms with Crippen LogP contribution in [0.1, 0.15) is 54.4 Å². The Morgan fingerprint density at radius 2 is 1.38 bits per heavy atom. The Bertz CT molecular complexity index is 1530. The molecule has 4 aromatic rings. The summed E-state index contributed by atoms with van der Waals surface area (Å²) in [4.78, 5) is 31.0. The van der Waals surface area contributed by atoms with Crippen molar-refractivity contribution in [1.82, 2.24) is 9.97 Å². The minimum absolute atomic E-state index is 0.0954. The normalized spacial score (nSPS) is 15.5. The highest BCUT2D eigenvalue weighted by molar-refractivity contribution is 6.06. The van der Waals surface area contributed by atoms with Crippen molar-refractivity contribution in [2.24, 2.45) is 0 Å². The van der Waals surface area contributed by atoms with Gasteiger partial charge in [-0.2, -0.15) is 0 Å². The highest BCUT2D eigenvalue weighted by atomic mass is 16.5. The van der Waals surface area contributed by atoms with Crippen LogP contribution in [0.15, 0.2) is 66.7 Å². The van der Waals surface area contributed by atoms with Crippen LogP contribution < -0.4 is 24.2 Å². The van der Waals surface area contributed by atoms with E-state index in [1.165, 1.54) is 38.5 Å². The zero-order valence-corrected chi connectivity index (χ0v) is 24.6. The fourth-order valence-corrected chi connectivity index (χ4v) is 6.00. The monoisotopic (exact) mass is 565 g/mol. The smallest absolute Gasteiger partial charge is 0.258 e. The zero-order chi connectivity index (χ0) is 28.9. The predicted octanol–water partition coefficient (Wildman–Crippen LogP) is 6.47. The Hall–Kier alpha value is -4.33. The van der Waals surface area contributed by atoms with Crippen molar-refractivity contribution in [2.45, 2.75) is 45.1 Å². The van der Waals surface area contributed by atoms with Gasteiger partial charge in [-0.3, -0.25) is 4.79 Å². The lowest BCUT2D eigenvalue weighted by atomic mass is 10.1.